The van der Waals surface area contributed by atoms with E-state index in [2.05, 4.69) is 0 Å². The Kier molecular flexibility index (Phi) is 4.43. The molecule has 0 N–H and O–H groups in total. The fraction of sp³-hybridized carbons (Fsp3) is 0.214. The van der Waals surface area contributed by atoms with Crippen molar-refractivity contribution in [1.82, 2.24) is 4.90 Å². The first-order chi connectivity index (χ1) is 9.65. The van der Waals surface area contributed by atoms with Gasteiger partial charge in [0.2, 0.25) is 0 Å². The van der Waals surface area contributed by atoms with Gasteiger partial charge in [-0.1, -0.05) is 12.1 Å². The number of nitriles is 1. The summed E-state index contributed by atoms with van der Waals surface area (Å²) in [6.07, 6.45) is 1.81. The quantitative estimate of drug-likeness (QED) is 0.796. The summed E-state index contributed by atoms with van der Waals surface area (Å²) >= 11 is 0.895. The molecular weight excluding hydrogens is 276 g/mol. The van der Waals surface area contributed by atoms with Gasteiger partial charge in [-0.05, 0) is 35.5 Å². The van der Waals surface area contributed by atoms with Crippen molar-refractivity contribution in [2.24, 2.45) is 0 Å². The summed E-state index contributed by atoms with van der Waals surface area (Å²) in [7, 11) is 1.58. The second-order valence-electron chi connectivity index (χ2n) is 4.01. The minimum atomic E-state index is -0.342. The minimum absolute atomic E-state index is 0.140. The number of nitrogens with zero attached hydrogens (tertiary/aromatic N) is 2. The Morgan fingerprint density at radius 1 is 1.35 bits per heavy atom. The van der Waals surface area contributed by atoms with Gasteiger partial charge in [0, 0.05) is 6.54 Å². The van der Waals surface area contributed by atoms with Crippen LogP contribution in [0.5, 0.6) is 5.75 Å². The van der Waals surface area contributed by atoms with E-state index in [0.717, 1.165) is 28.0 Å². The third kappa shape index (κ3) is 3.00. The Morgan fingerprint density at radius 2 is 2.05 bits per heavy atom. The molecule has 0 saturated carbocycles. The van der Waals surface area contributed by atoms with Crippen LogP contribution >= 0.6 is 11.8 Å². The molecule has 0 spiro atoms. The Balaban J connectivity index is 2.16. The van der Waals surface area contributed by atoms with Gasteiger partial charge in [0.15, 0.2) is 0 Å². The lowest BCUT2D eigenvalue weighted by atomic mass is 10.2. The molecule has 0 aliphatic carbocycles. The van der Waals surface area contributed by atoms with Crippen LogP contribution in [0.25, 0.3) is 6.08 Å². The largest absolute Gasteiger partial charge is 0.497 e. The zero-order valence-electron chi connectivity index (χ0n) is 10.8. The fourth-order valence-corrected chi connectivity index (χ4v) is 2.57. The van der Waals surface area contributed by atoms with Gasteiger partial charge in [0.1, 0.15) is 5.75 Å². The zero-order valence-corrected chi connectivity index (χ0v) is 11.6. The maximum atomic E-state index is 12.0. The summed E-state index contributed by atoms with van der Waals surface area (Å²) in [6, 6.07) is 9.11. The summed E-state index contributed by atoms with van der Waals surface area (Å²) in [5.74, 6) is 0.385. The van der Waals surface area contributed by atoms with Crippen LogP contribution in [0.2, 0.25) is 0 Å². The highest BCUT2D eigenvalue weighted by molar-refractivity contribution is 8.18. The number of carbonyl (C=O) groups excluding carboxylic acids is 2. The lowest BCUT2D eigenvalue weighted by Crippen LogP contribution is -2.28. The lowest BCUT2D eigenvalue weighted by molar-refractivity contribution is -0.122. The molecule has 0 atom stereocenters. The number of imide groups is 1. The van der Waals surface area contributed by atoms with E-state index in [1.54, 1.807) is 25.3 Å². The standard InChI is InChI=1S/C14H12N2O3S/c1-19-11-5-3-10(4-6-11)9-12-13(17)16(8-2-7-15)14(18)20-12/h3-6,9H,2,8H2,1H3/b12-9-. The zero-order chi connectivity index (χ0) is 14.5. The Labute approximate surface area is 120 Å². The topological polar surface area (TPSA) is 70.4 Å². The number of amides is 2. The molecule has 0 aromatic heterocycles. The van der Waals surface area contributed by atoms with Crippen LogP contribution in [0, 0.1) is 11.3 Å². The van der Waals surface area contributed by atoms with E-state index in [9.17, 15) is 9.59 Å². The van der Waals surface area contributed by atoms with Crippen LogP contribution in [0.3, 0.4) is 0 Å². The number of carbonyl (C=O) groups is 2. The number of hydrogen-bond acceptors (Lipinski definition) is 5. The summed E-state index contributed by atoms with van der Waals surface area (Å²) in [4.78, 5) is 25.2. The monoisotopic (exact) mass is 288 g/mol. The van der Waals surface area contributed by atoms with Crippen LogP contribution in [0.4, 0.5) is 4.79 Å². The molecule has 1 fully saturated rings. The van der Waals surface area contributed by atoms with Crippen LogP contribution in [0.15, 0.2) is 29.2 Å². The molecular formula is C14H12N2O3S. The van der Waals surface area contributed by atoms with Crippen LogP contribution < -0.4 is 4.74 Å². The molecule has 6 heteroatoms. The third-order valence-corrected chi connectivity index (χ3v) is 3.64. The molecule has 0 bridgehead atoms. The molecule has 1 aliphatic rings. The van der Waals surface area contributed by atoms with E-state index in [1.807, 2.05) is 18.2 Å². The van der Waals surface area contributed by atoms with Crippen molar-refractivity contribution in [3.8, 4) is 11.8 Å². The van der Waals surface area contributed by atoms with Crippen molar-refractivity contribution < 1.29 is 14.3 Å². The minimum Gasteiger partial charge on any atom is -0.497 e. The second kappa shape index (κ2) is 6.26. The Morgan fingerprint density at radius 3 is 2.65 bits per heavy atom. The number of rotatable bonds is 4. The highest BCUT2D eigenvalue weighted by Crippen LogP contribution is 2.32. The molecule has 102 valence electrons. The fourth-order valence-electron chi connectivity index (χ4n) is 1.71. The predicted molar refractivity (Wildman–Crippen MR) is 75.9 cm³/mol. The second-order valence-corrected chi connectivity index (χ2v) is 5.01. The van der Waals surface area contributed by atoms with Gasteiger partial charge in [-0.25, -0.2) is 0 Å². The van der Waals surface area contributed by atoms with Gasteiger partial charge in [-0.3, -0.25) is 14.5 Å². The van der Waals surface area contributed by atoms with Crippen LogP contribution in [-0.4, -0.2) is 29.7 Å². The van der Waals surface area contributed by atoms with Crippen molar-refractivity contribution in [1.29, 1.82) is 5.26 Å². The smallest absolute Gasteiger partial charge is 0.293 e. The molecule has 1 saturated heterocycles. The molecule has 1 aromatic rings. The number of methoxy groups -OCH3 is 1. The third-order valence-electron chi connectivity index (χ3n) is 2.73. The molecule has 2 amide bonds. The highest BCUT2D eigenvalue weighted by atomic mass is 32.2. The first-order valence-corrected chi connectivity index (χ1v) is 6.73. The van der Waals surface area contributed by atoms with E-state index in [1.165, 1.54) is 0 Å². The van der Waals surface area contributed by atoms with Crippen molar-refractivity contribution in [2.75, 3.05) is 13.7 Å². The van der Waals surface area contributed by atoms with Crippen molar-refractivity contribution in [3.63, 3.8) is 0 Å². The number of ether oxygens (including phenoxy) is 1. The molecule has 0 radical (unpaired) electrons. The number of hydrogen-bond donors (Lipinski definition) is 0. The van der Waals surface area contributed by atoms with Gasteiger partial charge in [-0.2, -0.15) is 5.26 Å². The number of thioether (sulfide) groups is 1. The van der Waals surface area contributed by atoms with Crippen molar-refractivity contribution in [3.05, 3.63) is 34.7 Å². The van der Waals surface area contributed by atoms with E-state index in [4.69, 9.17) is 10.00 Å². The van der Waals surface area contributed by atoms with E-state index < -0.39 is 0 Å². The summed E-state index contributed by atoms with van der Waals surface area (Å²) < 4.78 is 5.05. The van der Waals surface area contributed by atoms with Crippen LogP contribution in [0.1, 0.15) is 12.0 Å². The summed E-state index contributed by atoms with van der Waals surface area (Å²) in [5, 5.41) is 8.19. The van der Waals surface area contributed by atoms with Gasteiger partial charge in [0.25, 0.3) is 11.1 Å². The lowest BCUT2D eigenvalue weighted by Gasteiger charge is -2.08. The highest BCUT2D eigenvalue weighted by Gasteiger charge is 2.34. The summed E-state index contributed by atoms with van der Waals surface area (Å²) in [5.41, 5.74) is 0.816. The molecule has 1 heterocycles. The SMILES string of the molecule is COc1ccc(/C=C2\SC(=O)N(CCC#N)C2=O)cc1. The maximum Gasteiger partial charge on any atom is 0.293 e. The number of benzene rings is 1. The van der Waals surface area contributed by atoms with E-state index in [-0.39, 0.29) is 24.1 Å². The Hall–Kier alpha value is -2.26. The average molecular weight is 288 g/mol. The van der Waals surface area contributed by atoms with Gasteiger partial charge in [0.05, 0.1) is 24.5 Å². The maximum absolute atomic E-state index is 12.0. The first kappa shape index (κ1) is 14.2. The molecule has 2 rings (SSSR count). The molecule has 0 unspecified atom stereocenters. The summed E-state index contributed by atoms with van der Waals surface area (Å²) in [6.45, 7) is 0.140. The van der Waals surface area contributed by atoms with Gasteiger partial charge < -0.3 is 4.74 Å². The van der Waals surface area contributed by atoms with Gasteiger partial charge in [-0.15, -0.1) is 0 Å². The average Bonchev–Trinajstić information content (AvgIpc) is 2.72. The van der Waals surface area contributed by atoms with Gasteiger partial charge >= 0.3 is 0 Å². The Bertz CT molecular complexity index is 602. The predicted octanol–water partition coefficient (Wildman–Crippen LogP) is 2.65. The van der Waals surface area contributed by atoms with E-state index in [0.29, 0.717) is 4.91 Å². The molecule has 1 aliphatic heterocycles. The van der Waals surface area contributed by atoms with E-state index >= 15 is 0 Å². The normalized spacial score (nSPS) is 16.6. The molecule has 20 heavy (non-hydrogen) atoms. The first-order valence-electron chi connectivity index (χ1n) is 5.92. The molecule has 5 nitrogen and oxygen atoms in total. The molecule has 1 aromatic carbocycles. The van der Waals surface area contributed by atoms with Crippen LogP contribution in [-0.2, 0) is 4.79 Å². The van der Waals surface area contributed by atoms with Crippen molar-refractivity contribution in [2.45, 2.75) is 6.42 Å². The van der Waals surface area contributed by atoms with Crippen molar-refractivity contribution >= 4 is 29.0 Å².